The molecule has 0 unspecified atom stereocenters. The van der Waals surface area contributed by atoms with Crippen LogP contribution >= 0.6 is 22.6 Å². The van der Waals surface area contributed by atoms with E-state index in [0.29, 0.717) is 0 Å². The fourth-order valence-electron chi connectivity index (χ4n) is 1.38. The van der Waals surface area contributed by atoms with Gasteiger partial charge in [0.1, 0.15) is 5.52 Å². The third-order valence-electron chi connectivity index (χ3n) is 2.14. The standard InChI is InChI=1S/C11H12INO/c1-2-3-4-11-13-9-6-5-8(12)7-10(9)14-11/h5-7H,2-4H2,1H3. The van der Waals surface area contributed by atoms with Crippen LogP contribution in [0, 0.1) is 3.57 Å². The Morgan fingerprint density at radius 3 is 3.07 bits per heavy atom. The average molecular weight is 301 g/mol. The third kappa shape index (κ3) is 2.08. The van der Waals surface area contributed by atoms with Crippen molar-refractivity contribution in [1.82, 2.24) is 4.98 Å². The van der Waals surface area contributed by atoms with Gasteiger partial charge in [-0.1, -0.05) is 13.3 Å². The number of aromatic nitrogens is 1. The van der Waals surface area contributed by atoms with Crippen LogP contribution < -0.4 is 0 Å². The van der Waals surface area contributed by atoms with Crippen LogP contribution in [0.1, 0.15) is 25.7 Å². The van der Waals surface area contributed by atoms with Crippen molar-refractivity contribution < 1.29 is 4.42 Å². The van der Waals surface area contributed by atoms with Crippen molar-refractivity contribution in [3.8, 4) is 0 Å². The summed E-state index contributed by atoms with van der Waals surface area (Å²) >= 11 is 2.28. The lowest BCUT2D eigenvalue weighted by Gasteiger charge is -1.89. The van der Waals surface area contributed by atoms with Crippen molar-refractivity contribution in [3.63, 3.8) is 0 Å². The zero-order valence-corrected chi connectivity index (χ0v) is 10.2. The van der Waals surface area contributed by atoms with Crippen LogP contribution in [0.4, 0.5) is 0 Å². The molecule has 0 saturated carbocycles. The molecule has 2 aromatic rings. The van der Waals surface area contributed by atoms with E-state index in [1.54, 1.807) is 0 Å². The van der Waals surface area contributed by atoms with Gasteiger partial charge in [-0.25, -0.2) is 4.98 Å². The number of halogens is 1. The second-order valence-corrected chi connectivity index (χ2v) is 4.57. The van der Waals surface area contributed by atoms with Gasteiger partial charge < -0.3 is 4.42 Å². The lowest BCUT2D eigenvalue weighted by atomic mass is 10.2. The maximum Gasteiger partial charge on any atom is 0.195 e. The molecule has 14 heavy (non-hydrogen) atoms. The third-order valence-corrected chi connectivity index (χ3v) is 2.81. The van der Waals surface area contributed by atoms with E-state index < -0.39 is 0 Å². The molecule has 1 aromatic heterocycles. The Bertz CT molecular complexity index is 436. The molecule has 0 amide bonds. The Balaban J connectivity index is 2.32. The summed E-state index contributed by atoms with van der Waals surface area (Å²) in [5.41, 5.74) is 1.87. The Kier molecular flexibility index (Phi) is 3.05. The average Bonchev–Trinajstić information content (AvgIpc) is 2.56. The van der Waals surface area contributed by atoms with Crippen molar-refractivity contribution in [2.45, 2.75) is 26.2 Å². The molecule has 1 aromatic carbocycles. The minimum atomic E-state index is 0.865. The topological polar surface area (TPSA) is 26.0 Å². The molecule has 0 aliphatic carbocycles. The number of unbranched alkanes of at least 4 members (excludes halogenated alkanes) is 1. The Hall–Kier alpha value is -0.580. The van der Waals surface area contributed by atoms with Crippen LogP contribution in [-0.4, -0.2) is 4.98 Å². The molecule has 0 radical (unpaired) electrons. The Morgan fingerprint density at radius 1 is 1.43 bits per heavy atom. The lowest BCUT2D eigenvalue weighted by molar-refractivity contribution is 0.517. The van der Waals surface area contributed by atoms with Gasteiger partial charge in [-0.2, -0.15) is 0 Å². The Labute approximate surface area is 96.8 Å². The van der Waals surface area contributed by atoms with Gasteiger partial charge >= 0.3 is 0 Å². The number of nitrogens with zero attached hydrogens (tertiary/aromatic N) is 1. The van der Waals surface area contributed by atoms with Gasteiger partial charge in [0.15, 0.2) is 11.5 Å². The lowest BCUT2D eigenvalue weighted by Crippen LogP contribution is -1.82. The number of hydrogen-bond acceptors (Lipinski definition) is 2. The number of aryl methyl sites for hydroxylation is 1. The first-order valence-electron chi connectivity index (χ1n) is 4.84. The van der Waals surface area contributed by atoms with Crippen molar-refractivity contribution in [3.05, 3.63) is 27.7 Å². The monoisotopic (exact) mass is 301 g/mol. The fourth-order valence-corrected chi connectivity index (χ4v) is 1.84. The maximum atomic E-state index is 5.64. The molecular formula is C11H12INO. The van der Waals surface area contributed by atoms with Crippen LogP contribution in [0.5, 0.6) is 0 Å². The predicted molar refractivity (Wildman–Crippen MR) is 65.3 cm³/mol. The molecule has 1 heterocycles. The van der Waals surface area contributed by atoms with Crippen LogP contribution in [0.2, 0.25) is 0 Å². The van der Waals surface area contributed by atoms with E-state index in [4.69, 9.17) is 4.42 Å². The van der Waals surface area contributed by atoms with E-state index in [-0.39, 0.29) is 0 Å². The number of benzene rings is 1. The van der Waals surface area contributed by atoms with Gasteiger partial charge in [0.25, 0.3) is 0 Å². The molecular weight excluding hydrogens is 289 g/mol. The van der Waals surface area contributed by atoms with E-state index in [0.717, 1.165) is 29.8 Å². The van der Waals surface area contributed by atoms with Gasteiger partial charge in [-0.3, -0.25) is 0 Å². The molecule has 0 fully saturated rings. The van der Waals surface area contributed by atoms with Gasteiger partial charge in [0.05, 0.1) is 0 Å². The summed E-state index contributed by atoms with van der Waals surface area (Å²) in [5, 5.41) is 0. The zero-order valence-electron chi connectivity index (χ0n) is 8.09. The zero-order chi connectivity index (χ0) is 9.97. The normalized spacial score (nSPS) is 11.0. The maximum absolute atomic E-state index is 5.64. The van der Waals surface area contributed by atoms with E-state index in [1.807, 2.05) is 12.1 Å². The largest absolute Gasteiger partial charge is 0.441 e. The van der Waals surface area contributed by atoms with Gasteiger partial charge in [0.2, 0.25) is 0 Å². The quantitative estimate of drug-likeness (QED) is 0.806. The molecule has 0 aliphatic heterocycles. The summed E-state index contributed by atoms with van der Waals surface area (Å²) in [6, 6.07) is 6.09. The minimum absolute atomic E-state index is 0.865. The van der Waals surface area contributed by atoms with E-state index in [1.165, 1.54) is 9.99 Å². The highest BCUT2D eigenvalue weighted by Crippen LogP contribution is 2.19. The molecule has 0 atom stereocenters. The summed E-state index contributed by atoms with van der Waals surface area (Å²) in [5.74, 6) is 0.865. The minimum Gasteiger partial charge on any atom is -0.441 e. The highest BCUT2D eigenvalue weighted by molar-refractivity contribution is 14.1. The van der Waals surface area contributed by atoms with Crippen molar-refractivity contribution in [1.29, 1.82) is 0 Å². The van der Waals surface area contributed by atoms with E-state index in [9.17, 15) is 0 Å². The molecule has 2 rings (SSSR count). The molecule has 0 aliphatic rings. The molecule has 0 saturated heterocycles. The van der Waals surface area contributed by atoms with Crippen molar-refractivity contribution >= 4 is 33.7 Å². The number of hydrogen-bond donors (Lipinski definition) is 0. The first kappa shape index (κ1) is 9.96. The summed E-state index contributed by atoms with van der Waals surface area (Å²) in [6.45, 7) is 2.17. The second kappa shape index (κ2) is 4.29. The number of fused-ring (bicyclic) bond motifs is 1. The predicted octanol–water partition coefficient (Wildman–Crippen LogP) is 3.78. The summed E-state index contributed by atoms with van der Waals surface area (Å²) in [4.78, 5) is 4.42. The Morgan fingerprint density at radius 2 is 2.29 bits per heavy atom. The SMILES string of the molecule is CCCCc1nc2ccc(I)cc2o1. The smallest absolute Gasteiger partial charge is 0.195 e. The summed E-state index contributed by atoms with van der Waals surface area (Å²) < 4.78 is 6.82. The first-order chi connectivity index (χ1) is 6.79. The summed E-state index contributed by atoms with van der Waals surface area (Å²) in [6.07, 6.45) is 3.27. The highest BCUT2D eigenvalue weighted by atomic mass is 127. The summed E-state index contributed by atoms with van der Waals surface area (Å²) in [7, 11) is 0. The van der Waals surface area contributed by atoms with Gasteiger partial charge in [-0.05, 0) is 47.2 Å². The van der Waals surface area contributed by atoms with Crippen molar-refractivity contribution in [2.24, 2.45) is 0 Å². The molecule has 3 heteroatoms. The molecule has 0 spiro atoms. The van der Waals surface area contributed by atoms with Crippen LogP contribution in [0.15, 0.2) is 22.6 Å². The van der Waals surface area contributed by atoms with Crippen LogP contribution in [0.25, 0.3) is 11.1 Å². The molecule has 0 bridgehead atoms. The second-order valence-electron chi connectivity index (χ2n) is 3.32. The van der Waals surface area contributed by atoms with Crippen molar-refractivity contribution in [2.75, 3.05) is 0 Å². The fraction of sp³-hybridized carbons (Fsp3) is 0.364. The number of oxazole rings is 1. The molecule has 2 nitrogen and oxygen atoms in total. The van der Waals surface area contributed by atoms with Gasteiger partial charge in [-0.15, -0.1) is 0 Å². The first-order valence-corrected chi connectivity index (χ1v) is 5.92. The molecule has 74 valence electrons. The van der Waals surface area contributed by atoms with E-state index >= 15 is 0 Å². The van der Waals surface area contributed by atoms with Crippen LogP contribution in [0.3, 0.4) is 0 Å². The van der Waals surface area contributed by atoms with E-state index in [2.05, 4.69) is 40.6 Å². The van der Waals surface area contributed by atoms with Gasteiger partial charge in [0, 0.05) is 9.99 Å². The molecule has 0 N–H and O–H groups in total. The highest BCUT2D eigenvalue weighted by Gasteiger charge is 2.04. The van der Waals surface area contributed by atoms with Crippen LogP contribution in [-0.2, 0) is 6.42 Å². The number of rotatable bonds is 3.